The summed E-state index contributed by atoms with van der Waals surface area (Å²) in [4.78, 5) is 10.5. The monoisotopic (exact) mass is 292 g/mol. The molecule has 1 N–H and O–H groups in total. The largest absolute Gasteiger partial charge is 0.481 e. The van der Waals surface area contributed by atoms with Crippen molar-refractivity contribution in [2.75, 3.05) is 6.61 Å². The first kappa shape index (κ1) is 15.1. The minimum absolute atomic E-state index is 0.329. The first-order valence-corrected chi connectivity index (χ1v) is 8.79. The lowest BCUT2D eigenvalue weighted by Gasteiger charge is -2.24. The van der Waals surface area contributed by atoms with Crippen molar-refractivity contribution in [2.45, 2.75) is 70.3 Å². The maximum absolute atomic E-state index is 10.5. The van der Waals surface area contributed by atoms with Crippen LogP contribution in [0.2, 0.25) is 0 Å². The second-order valence-electron chi connectivity index (χ2n) is 7.07. The van der Waals surface area contributed by atoms with Crippen LogP contribution in [0.3, 0.4) is 0 Å². The number of unbranched alkanes of at least 4 members (excludes halogenated alkanes) is 2. The molecule has 2 fully saturated rings. The zero-order valence-corrected chi connectivity index (χ0v) is 12.9. The van der Waals surface area contributed by atoms with E-state index in [4.69, 9.17) is 9.84 Å². The third-order valence-electron chi connectivity index (χ3n) is 5.75. The van der Waals surface area contributed by atoms with Gasteiger partial charge in [0.1, 0.15) is 0 Å². The number of rotatable bonds is 6. The molecule has 0 aromatic rings. The van der Waals surface area contributed by atoms with Gasteiger partial charge in [-0.2, -0.15) is 0 Å². The molecular formula is C18H28O3. The van der Waals surface area contributed by atoms with Crippen LogP contribution in [0.25, 0.3) is 0 Å². The molecule has 4 unspecified atom stereocenters. The number of fused-ring (bicyclic) bond motifs is 3. The van der Waals surface area contributed by atoms with Crippen LogP contribution in [0.5, 0.6) is 0 Å². The summed E-state index contributed by atoms with van der Waals surface area (Å²) in [5, 5.41) is 8.67. The Balaban J connectivity index is 1.48. The van der Waals surface area contributed by atoms with Crippen molar-refractivity contribution in [2.24, 2.45) is 17.8 Å². The van der Waals surface area contributed by atoms with Gasteiger partial charge in [-0.1, -0.05) is 25.3 Å². The number of ether oxygens (including phenoxy) is 1. The van der Waals surface area contributed by atoms with Gasteiger partial charge in [-0.05, 0) is 61.9 Å². The molecule has 0 bridgehead atoms. The van der Waals surface area contributed by atoms with Crippen LogP contribution in [-0.2, 0) is 9.53 Å². The number of hydrogen-bond acceptors (Lipinski definition) is 2. The standard InChI is InChI=1S/C18H28O3/c19-17(20)8-3-1-2-5-13-9-10-16-15(13)7-4-6-14-11-12-21-18(14)16/h10,13-15,18H,1-9,11-12H2,(H,19,20). The van der Waals surface area contributed by atoms with Gasteiger partial charge in [-0.3, -0.25) is 4.79 Å². The number of allylic oxidation sites excluding steroid dienone is 1. The normalized spacial score (nSPS) is 35.0. The molecule has 3 aliphatic rings. The number of carboxylic acid groups (broad SMARTS) is 1. The number of carboxylic acids is 1. The Morgan fingerprint density at radius 3 is 3.00 bits per heavy atom. The lowest BCUT2D eigenvalue weighted by Crippen LogP contribution is -2.21. The number of aliphatic carboxylic acids is 1. The summed E-state index contributed by atoms with van der Waals surface area (Å²) in [6.07, 6.45) is 14.2. The summed E-state index contributed by atoms with van der Waals surface area (Å²) < 4.78 is 6.03. The smallest absolute Gasteiger partial charge is 0.303 e. The topological polar surface area (TPSA) is 46.5 Å². The SMILES string of the molecule is O=C(O)CCCCCC1CC=C2C1CCCC1CCOC21. The molecule has 0 amide bonds. The van der Waals surface area contributed by atoms with Crippen LogP contribution in [0.1, 0.15) is 64.2 Å². The second kappa shape index (κ2) is 6.95. The van der Waals surface area contributed by atoms with Crippen LogP contribution in [0, 0.1) is 17.8 Å². The van der Waals surface area contributed by atoms with Crippen LogP contribution in [0.15, 0.2) is 11.6 Å². The third kappa shape index (κ3) is 3.50. The van der Waals surface area contributed by atoms with Crippen LogP contribution >= 0.6 is 0 Å². The Morgan fingerprint density at radius 1 is 1.24 bits per heavy atom. The average molecular weight is 292 g/mol. The summed E-state index contributed by atoms with van der Waals surface area (Å²) in [7, 11) is 0. The molecule has 3 rings (SSSR count). The predicted octanol–water partition coefficient (Wildman–Crippen LogP) is 4.17. The molecule has 3 nitrogen and oxygen atoms in total. The van der Waals surface area contributed by atoms with Crippen molar-refractivity contribution >= 4 is 5.97 Å². The Hall–Kier alpha value is -0.830. The summed E-state index contributed by atoms with van der Waals surface area (Å²) in [6, 6.07) is 0. The molecule has 0 spiro atoms. The van der Waals surface area contributed by atoms with E-state index in [1.807, 2.05) is 0 Å². The van der Waals surface area contributed by atoms with E-state index in [1.54, 1.807) is 5.57 Å². The van der Waals surface area contributed by atoms with Gasteiger partial charge < -0.3 is 9.84 Å². The minimum atomic E-state index is -0.659. The first-order chi connectivity index (χ1) is 10.3. The highest BCUT2D eigenvalue weighted by Crippen LogP contribution is 2.47. The minimum Gasteiger partial charge on any atom is -0.481 e. The van der Waals surface area contributed by atoms with Crippen molar-refractivity contribution in [3.05, 3.63) is 11.6 Å². The highest BCUT2D eigenvalue weighted by atomic mass is 16.5. The molecule has 1 aliphatic heterocycles. The zero-order valence-electron chi connectivity index (χ0n) is 12.9. The summed E-state index contributed by atoms with van der Waals surface area (Å²) in [5.41, 5.74) is 1.63. The molecule has 4 atom stereocenters. The molecule has 1 saturated heterocycles. The van der Waals surface area contributed by atoms with Crippen molar-refractivity contribution in [3.63, 3.8) is 0 Å². The van der Waals surface area contributed by atoms with Gasteiger partial charge in [-0.15, -0.1) is 0 Å². The molecular weight excluding hydrogens is 264 g/mol. The zero-order chi connectivity index (χ0) is 14.7. The van der Waals surface area contributed by atoms with Gasteiger partial charge in [0.05, 0.1) is 6.10 Å². The fourth-order valence-electron chi connectivity index (χ4n) is 4.68. The Bertz CT molecular complexity index is 401. The quantitative estimate of drug-likeness (QED) is 0.590. The van der Waals surface area contributed by atoms with Crippen LogP contribution in [-0.4, -0.2) is 23.8 Å². The van der Waals surface area contributed by atoms with E-state index in [-0.39, 0.29) is 0 Å². The van der Waals surface area contributed by atoms with Crippen molar-refractivity contribution in [1.29, 1.82) is 0 Å². The van der Waals surface area contributed by atoms with Crippen molar-refractivity contribution < 1.29 is 14.6 Å². The van der Waals surface area contributed by atoms with Crippen molar-refractivity contribution in [1.82, 2.24) is 0 Å². The predicted molar refractivity (Wildman–Crippen MR) is 82.1 cm³/mol. The van der Waals surface area contributed by atoms with Crippen LogP contribution < -0.4 is 0 Å². The summed E-state index contributed by atoms with van der Waals surface area (Å²) in [5.74, 6) is 1.69. The number of carbonyl (C=O) groups is 1. The lowest BCUT2D eigenvalue weighted by molar-refractivity contribution is -0.137. The Morgan fingerprint density at radius 2 is 2.14 bits per heavy atom. The van der Waals surface area contributed by atoms with E-state index in [2.05, 4.69) is 6.08 Å². The first-order valence-electron chi connectivity index (χ1n) is 8.79. The molecule has 21 heavy (non-hydrogen) atoms. The molecule has 1 saturated carbocycles. The van der Waals surface area contributed by atoms with Gasteiger partial charge in [0.2, 0.25) is 0 Å². The maximum atomic E-state index is 10.5. The maximum Gasteiger partial charge on any atom is 0.303 e. The Kier molecular flexibility index (Phi) is 4.99. The van der Waals surface area contributed by atoms with Gasteiger partial charge in [-0.25, -0.2) is 0 Å². The summed E-state index contributed by atoms with van der Waals surface area (Å²) >= 11 is 0. The van der Waals surface area contributed by atoms with E-state index in [9.17, 15) is 4.79 Å². The molecule has 0 aromatic heterocycles. The fraction of sp³-hybridized carbons (Fsp3) is 0.833. The highest BCUT2D eigenvalue weighted by molar-refractivity contribution is 5.66. The van der Waals surface area contributed by atoms with E-state index < -0.39 is 5.97 Å². The molecule has 118 valence electrons. The summed E-state index contributed by atoms with van der Waals surface area (Å²) in [6.45, 7) is 0.958. The van der Waals surface area contributed by atoms with E-state index >= 15 is 0 Å². The molecule has 0 aromatic carbocycles. The highest BCUT2D eigenvalue weighted by Gasteiger charge is 2.41. The number of hydrogen-bond donors (Lipinski definition) is 1. The van der Waals surface area contributed by atoms with E-state index in [0.29, 0.717) is 12.5 Å². The van der Waals surface area contributed by atoms with E-state index in [1.165, 1.54) is 44.9 Å². The van der Waals surface area contributed by atoms with Gasteiger partial charge in [0.15, 0.2) is 0 Å². The average Bonchev–Trinajstić information content (AvgIpc) is 3.02. The van der Waals surface area contributed by atoms with Gasteiger partial charge in [0, 0.05) is 13.0 Å². The van der Waals surface area contributed by atoms with Gasteiger partial charge >= 0.3 is 5.97 Å². The van der Waals surface area contributed by atoms with E-state index in [0.717, 1.165) is 37.2 Å². The Labute approximate surface area is 127 Å². The second-order valence-corrected chi connectivity index (χ2v) is 7.07. The lowest BCUT2D eigenvalue weighted by atomic mass is 9.83. The molecule has 2 aliphatic carbocycles. The molecule has 0 radical (unpaired) electrons. The van der Waals surface area contributed by atoms with Gasteiger partial charge in [0.25, 0.3) is 0 Å². The molecule has 3 heteroatoms. The van der Waals surface area contributed by atoms with Crippen molar-refractivity contribution in [3.8, 4) is 0 Å². The third-order valence-corrected chi connectivity index (χ3v) is 5.75. The molecule has 1 heterocycles. The fourth-order valence-corrected chi connectivity index (χ4v) is 4.68. The van der Waals surface area contributed by atoms with Crippen LogP contribution in [0.4, 0.5) is 0 Å².